The van der Waals surface area contributed by atoms with Crippen LogP contribution in [-0.2, 0) is 12.0 Å². The lowest BCUT2D eigenvalue weighted by molar-refractivity contribution is 0.0567. The Kier molecular flexibility index (Phi) is 3.69. The minimum atomic E-state index is -1.12. The fraction of sp³-hybridized carbons (Fsp3) is 0.200. The average molecular weight is 265 g/mol. The SMILES string of the molecule is CC(O)(Cc1ccccc1F)c1ccc(Cl)cc1. The van der Waals surface area contributed by atoms with Crippen LogP contribution in [0.5, 0.6) is 0 Å². The number of aliphatic hydroxyl groups is 1. The highest BCUT2D eigenvalue weighted by Crippen LogP contribution is 2.27. The van der Waals surface area contributed by atoms with E-state index in [-0.39, 0.29) is 12.2 Å². The minimum Gasteiger partial charge on any atom is -0.385 e. The van der Waals surface area contributed by atoms with Gasteiger partial charge in [-0.2, -0.15) is 0 Å². The second-order valence-corrected chi connectivity index (χ2v) is 4.99. The van der Waals surface area contributed by atoms with Crippen LogP contribution in [0.1, 0.15) is 18.1 Å². The summed E-state index contributed by atoms with van der Waals surface area (Å²) >= 11 is 5.81. The van der Waals surface area contributed by atoms with E-state index in [4.69, 9.17) is 11.6 Å². The summed E-state index contributed by atoms with van der Waals surface area (Å²) in [6.07, 6.45) is 0.224. The molecule has 2 aromatic rings. The normalized spacial score (nSPS) is 14.2. The molecule has 0 aliphatic carbocycles. The summed E-state index contributed by atoms with van der Waals surface area (Å²) in [4.78, 5) is 0. The molecule has 18 heavy (non-hydrogen) atoms. The summed E-state index contributed by atoms with van der Waals surface area (Å²) in [5, 5.41) is 11.1. The number of hydrogen-bond donors (Lipinski definition) is 1. The van der Waals surface area contributed by atoms with Crippen molar-refractivity contribution in [1.29, 1.82) is 0 Å². The van der Waals surface area contributed by atoms with E-state index in [2.05, 4.69) is 0 Å². The maximum atomic E-state index is 13.6. The molecule has 3 heteroatoms. The van der Waals surface area contributed by atoms with Crippen molar-refractivity contribution < 1.29 is 9.50 Å². The zero-order valence-electron chi connectivity index (χ0n) is 10.0. The van der Waals surface area contributed by atoms with Gasteiger partial charge in [0, 0.05) is 11.4 Å². The molecule has 0 aliphatic rings. The molecule has 94 valence electrons. The highest BCUT2D eigenvalue weighted by atomic mass is 35.5. The Morgan fingerprint density at radius 3 is 2.33 bits per heavy atom. The van der Waals surface area contributed by atoms with E-state index in [1.807, 2.05) is 0 Å². The lowest BCUT2D eigenvalue weighted by Gasteiger charge is -2.24. The minimum absolute atomic E-state index is 0.224. The molecular formula is C15H14ClFO. The molecule has 0 saturated carbocycles. The van der Waals surface area contributed by atoms with Crippen molar-refractivity contribution in [2.24, 2.45) is 0 Å². The fourth-order valence-corrected chi connectivity index (χ4v) is 2.05. The van der Waals surface area contributed by atoms with Gasteiger partial charge >= 0.3 is 0 Å². The predicted molar refractivity (Wildman–Crippen MR) is 71.1 cm³/mol. The highest BCUT2D eigenvalue weighted by molar-refractivity contribution is 6.30. The third-order valence-electron chi connectivity index (χ3n) is 2.96. The van der Waals surface area contributed by atoms with Gasteiger partial charge in [0.15, 0.2) is 0 Å². The Morgan fingerprint density at radius 1 is 1.11 bits per heavy atom. The molecule has 0 radical (unpaired) electrons. The number of hydrogen-bond acceptors (Lipinski definition) is 1. The first kappa shape index (κ1) is 13.1. The van der Waals surface area contributed by atoms with E-state index in [0.29, 0.717) is 10.6 Å². The molecule has 0 amide bonds. The third-order valence-corrected chi connectivity index (χ3v) is 3.21. The maximum absolute atomic E-state index is 13.6. The van der Waals surface area contributed by atoms with Gasteiger partial charge in [-0.3, -0.25) is 0 Å². The van der Waals surface area contributed by atoms with Crippen LogP contribution in [0, 0.1) is 5.82 Å². The summed E-state index contributed by atoms with van der Waals surface area (Å²) in [6.45, 7) is 1.67. The second kappa shape index (κ2) is 5.09. The van der Waals surface area contributed by atoms with Crippen molar-refractivity contribution in [2.75, 3.05) is 0 Å². The maximum Gasteiger partial charge on any atom is 0.126 e. The van der Waals surface area contributed by atoms with E-state index in [9.17, 15) is 9.50 Å². The van der Waals surface area contributed by atoms with Crippen molar-refractivity contribution in [3.8, 4) is 0 Å². The van der Waals surface area contributed by atoms with Crippen LogP contribution in [0.2, 0.25) is 5.02 Å². The van der Waals surface area contributed by atoms with Gasteiger partial charge in [-0.1, -0.05) is 41.9 Å². The van der Waals surface area contributed by atoms with Gasteiger partial charge in [-0.05, 0) is 36.2 Å². The Balaban J connectivity index is 2.27. The van der Waals surface area contributed by atoms with E-state index in [0.717, 1.165) is 5.56 Å². The van der Waals surface area contributed by atoms with Gasteiger partial charge in [0.05, 0.1) is 5.60 Å². The number of halogens is 2. The molecule has 1 atom stereocenters. The molecule has 1 unspecified atom stereocenters. The Hall–Kier alpha value is -1.38. The fourth-order valence-electron chi connectivity index (χ4n) is 1.92. The molecule has 0 saturated heterocycles. The van der Waals surface area contributed by atoms with Crippen LogP contribution in [-0.4, -0.2) is 5.11 Å². The van der Waals surface area contributed by atoms with Crippen molar-refractivity contribution in [2.45, 2.75) is 18.9 Å². The molecule has 2 rings (SSSR count). The smallest absolute Gasteiger partial charge is 0.126 e. The van der Waals surface area contributed by atoms with Crippen molar-refractivity contribution >= 4 is 11.6 Å². The number of rotatable bonds is 3. The molecule has 0 heterocycles. The van der Waals surface area contributed by atoms with Gasteiger partial charge in [0.1, 0.15) is 5.82 Å². The summed E-state index contributed by atoms with van der Waals surface area (Å²) < 4.78 is 13.6. The van der Waals surface area contributed by atoms with Gasteiger partial charge in [-0.15, -0.1) is 0 Å². The van der Waals surface area contributed by atoms with Crippen LogP contribution in [0.15, 0.2) is 48.5 Å². The number of benzene rings is 2. The van der Waals surface area contributed by atoms with Crippen LogP contribution in [0.25, 0.3) is 0 Å². The first-order chi connectivity index (χ1) is 8.49. The van der Waals surface area contributed by atoms with E-state index in [1.54, 1.807) is 49.4 Å². The van der Waals surface area contributed by atoms with Crippen LogP contribution in [0.3, 0.4) is 0 Å². The van der Waals surface area contributed by atoms with Gasteiger partial charge in [-0.25, -0.2) is 4.39 Å². The zero-order chi connectivity index (χ0) is 13.2. The largest absolute Gasteiger partial charge is 0.385 e. The lowest BCUT2D eigenvalue weighted by atomic mass is 9.89. The average Bonchev–Trinajstić information content (AvgIpc) is 2.32. The lowest BCUT2D eigenvalue weighted by Crippen LogP contribution is -2.24. The summed E-state index contributed by atoms with van der Waals surface area (Å²) in [5.41, 5.74) is 0.0971. The zero-order valence-corrected chi connectivity index (χ0v) is 10.8. The third kappa shape index (κ3) is 2.89. The molecule has 0 spiro atoms. The van der Waals surface area contributed by atoms with Crippen molar-refractivity contribution in [3.63, 3.8) is 0 Å². The Bertz CT molecular complexity index is 534. The topological polar surface area (TPSA) is 20.2 Å². The predicted octanol–water partition coefficient (Wildman–Crippen LogP) is 3.93. The van der Waals surface area contributed by atoms with Crippen LogP contribution >= 0.6 is 11.6 Å². The van der Waals surface area contributed by atoms with Crippen molar-refractivity contribution in [3.05, 3.63) is 70.5 Å². The standard InChI is InChI=1S/C15H14ClFO/c1-15(18,12-6-8-13(16)9-7-12)10-11-4-2-3-5-14(11)17/h2-9,18H,10H2,1H3. The molecule has 0 aliphatic heterocycles. The first-order valence-electron chi connectivity index (χ1n) is 5.71. The summed E-state index contributed by atoms with van der Waals surface area (Å²) in [7, 11) is 0. The molecule has 0 bridgehead atoms. The van der Waals surface area contributed by atoms with E-state index < -0.39 is 5.60 Å². The van der Waals surface area contributed by atoms with Gasteiger partial charge in [0.25, 0.3) is 0 Å². The van der Waals surface area contributed by atoms with Gasteiger partial charge in [0.2, 0.25) is 0 Å². The molecular weight excluding hydrogens is 251 g/mol. The molecule has 1 N–H and O–H groups in total. The second-order valence-electron chi connectivity index (χ2n) is 4.55. The van der Waals surface area contributed by atoms with Crippen LogP contribution < -0.4 is 0 Å². The summed E-state index contributed by atoms with van der Waals surface area (Å²) in [6, 6.07) is 13.4. The van der Waals surface area contributed by atoms with E-state index in [1.165, 1.54) is 6.07 Å². The van der Waals surface area contributed by atoms with Crippen LogP contribution in [0.4, 0.5) is 4.39 Å². The Labute approximate surface area is 111 Å². The molecule has 0 fully saturated rings. The quantitative estimate of drug-likeness (QED) is 0.891. The van der Waals surface area contributed by atoms with Gasteiger partial charge < -0.3 is 5.11 Å². The monoisotopic (exact) mass is 264 g/mol. The molecule has 0 aromatic heterocycles. The van der Waals surface area contributed by atoms with Crippen molar-refractivity contribution in [1.82, 2.24) is 0 Å². The van der Waals surface area contributed by atoms with E-state index >= 15 is 0 Å². The molecule has 2 aromatic carbocycles. The Morgan fingerprint density at radius 2 is 1.72 bits per heavy atom. The summed E-state index contributed by atoms with van der Waals surface area (Å²) in [5.74, 6) is -0.299. The first-order valence-corrected chi connectivity index (χ1v) is 6.09. The molecule has 1 nitrogen and oxygen atoms in total. The highest BCUT2D eigenvalue weighted by Gasteiger charge is 2.24.